The first-order chi connectivity index (χ1) is 8.25. The fourth-order valence-electron chi connectivity index (χ4n) is 1.31. The molecule has 0 saturated heterocycles. The third-order valence-electron chi connectivity index (χ3n) is 3.50. The van der Waals surface area contributed by atoms with E-state index in [1.165, 1.54) is 0 Å². The van der Waals surface area contributed by atoms with Crippen molar-refractivity contribution in [3.05, 3.63) is 12.4 Å². The SMILES string of the molecule is CC(C)(N)C(C)(C)C(=O)NCCCn1ccnn1. The Morgan fingerprint density at radius 2 is 2.06 bits per heavy atom. The highest BCUT2D eigenvalue weighted by molar-refractivity contribution is 5.83. The number of amides is 1. The zero-order chi connectivity index (χ0) is 13.8. The lowest BCUT2D eigenvalue weighted by molar-refractivity contribution is -0.132. The Kier molecular flexibility index (Phi) is 4.45. The highest BCUT2D eigenvalue weighted by Crippen LogP contribution is 2.28. The average molecular weight is 253 g/mol. The van der Waals surface area contributed by atoms with Crippen molar-refractivity contribution in [1.82, 2.24) is 20.3 Å². The molecule has 0 fully saturated rings. The number of nitrogens with two attached hydrogens (primary N) is 1. The van der Waals surface area contributed by atoms with E-state index in [9.17, 15) is 4.79 Å². The van der Waals surface area contributed by atoms with Crippen LogP contribution >= 0.6 is 0 Å². The molecule has 0 aromatic carbocycles. The van der Waals surface area contributed by atoms with E-state index in [0.717, 1.165) is 13.0 Å². The molecule has 1 rings (SSSR count). The summed E-state index contributed by atoms with van der Waals surface area (Å²) < 4.78 is 1.74. The van der Waals surface area contributed by atoms with Crippen LogP contribution in [0.1, 0.15) is 34.1 Å². The third-order valence-corrected chi connectivity index (χ3v) is 3.50. The van der Waals surface area contributed by atoms with Crippen LogP contribution in [-0.2, 0) is 11.3 Å². The van der Waals surface area contributed by atoms with E-state index < -0.39 is 11.0 Å². The first-order valence-electron chi connectivity index (χ1n) is 6.16. The standard InChI is InChI=1S/C12H23N5O/c1-11(2,12(3,4)13)10(18)14-6-5-8-17-9-7-15-16-17/h7,9H,5-6,8,13H2,1-4H3,(H,14,18). The number of hydrogen-bond donors (Lipinski definition) is 2. The molecule has 6 heteroatoms. The van der Waals surface area contributed by atoms with Gasteiger partial charge in [0.1, 0.15) is 0 Å². The topological polar surface area (TPSA) is 85.8 Å². The summed E-state index contributed by atoms with van der Waals surface area (Å²) in [6.45, 7) is 8.80. The van der Waals surface area contributed by atoms with Gasteiger partial charge in [-0.25, -0.2) is 0 Å². The van der Waals surface area contributed by atoms with Crippen LogP contribution in [0.2, 0.25) is 0 Å². The van der Waals surface area contributed by atoms with Crippen LogP contribution in [0.5, 0.6) is 0 Å². The van der Waals surface area contributed by atoms with E-state index in [0.29, 0.717) is 6.54 Å². The molecule has 0 saturated carbocycles. The van der Waals surface area contributed by atoms with Crippen molar-refractivity contribution in [1.29, 1.82) is 0 Å². The average Bonchev–Trinajstić information content (AvgIpc) is 2.75. The van der Waals surface area contributed by atoms with Gasteiger partial charge in [-0.3, -0.25) is 9.48 Å². The Labute approximate surface area is 108 Å². The maximum absolute atomic E-state index is 12.0. The number of carbonyl (C=O) groups is 1. The summed E-state index contributed by atoms with van der Waals surface area (Å²) in [5, 5.41) is 10.5. The molecular weight excluding hydrogens is 230 g/mol. The molecule has 0 radical (unpaired) electrons. The molecular formula is C12H23N5O. The number of nitrogens with one attached hydrogen (secondary N) is 1. The van der Waals surface area contributed by atoms with Crippen LogP contribution in [0.15, 0.2) is 12.4 Å². The van der Waals surface area contributed by atoms with Gasteiger partial charge in [-0.15, -0.1) is 5.10 Å². The summed E-state index contributed by atoms with van der Waals surface area (Å²) in [5.74, 6) is -0.0198. The van der Waals surface area contributed by atoms with Crippen LogP contribution < -0.4 is 11.1 Å². The van der Waals surface area contributed by atoms with Crippen LogP contribution in [0.25, 0.3) is 0 Å². The van der Waals surface area contributed by atoms with E-state index >= 15 is 0 Å². The van der Waals surface area contributed by atoms with Crippen molar-refractivity contribution >= 4 is 5.91 Å². The fraction of sp³-hybridized carbons (Fsp3) is 0.750. The molecule has 1 aromatic rings. The third kappa shape index (κ3) is 3.53. The van der Waals surface area contributed by atoms with E-state index in [1.807, 2.05) is 27.7 Å². The molecule has 0 unspecified atom stereocenters. The normalized spacial score (nSPS) is 12.5. The molecule has 1 aromatic heterocycles. The lowest BCUT2D eigenvalue weighted by atomic mass is 9.74. The molecule has 1 amide bonds. The summed E-state index contributed by atoms with van der Waals surface area (Å²) in [6.07, 6.45) is 4.25. The van der Waals surface area contributed by atoms with Crippen molar-refractivity contribution in [2.45, 2.75) is 46.2 Å². The molecule has 0 aliphatic heterocycles. The lowest BCUT2D eigenvalue weighted by Crippen LogP contribution is -2.55. The van der Waals surface area contributed by atoms with Crippen molar-refractivity contribution in [3.8, 4) is 0 Å². The second-order valence-electron chi connectivity index (χ2n) is 5.62. The van der Waals surface area contributed by atoms with Crippen molar-refractivity contribution in [2.24, 2.45) is 11.1 Å². The van der Waals surface area contributed by atoms with Crippen molar-refractivity contribution in [2.75, 3.05) is 6.54 Å². The van der Waals surface area contributed by atoms with Gasteiger partial charge >= 0.3 is 0 Å². The van der Waals surface area contributed by atoms with Crippen LogP contribution in [0.3, 0.4) is 0 Å². The van der Waals surface area contributed by atoms with Gasteiger partial charge in [-0.2, -0.15) is 0 Å². The largest absolute Gasteiger partial charge is 0.356 e. The molecule has 18 heavy (non-hydrogen) atoms. The predicted molar refractivity (Wildman–Crippen MR) is 69.7 cm³/mol. The minimum absolute atomic E-state index is 0.0198. The Morgan fingerprint density at radius 1 is 1.39 bits per heavy atom. The molecule has 3 N–H and O–H groups in total. The molecule has 0 bridgehead atoms. The molecule has 102 valence electrons. The fourth-order valence-corrected chi connectivity index (χ4v) is 1.31. The Morgan fingerprint density at radius 3 is 2.56 bits per heavy atom. The maximum Gasteiger partial charge on any atom is 0.227 e. The van der Waals surface area contributed by atoms with E-state index in [1.54, 1.807) is 17.1 Å². The predicted octanol–water partition coefficient (Wildman–Crippen LogP) is 0.548. The molecule has 1 heterocycles. The van der Waals surface area contributed by atoms with Gasteiger partial charge in [0.2, 0.25) is 5.91 Å². The Balaban J connectivity index is 2.33. The van der Waals surface area contributed by atoms with Gasteiger partial charge in [0, 0.05) is 24.8 Å². The highest BCUT2D eigenvalue weighted by atomic mass is 16.2. The number of aromatic nitrogens is 3. The molecule has 0 aliphatic rings. The zero-order valence-electron chi connectivity index (χ0n) is 11.6. The Hall–Kier alpha value is -1.43. The van der Waals surface area contributed by atoms with Gasteiger partial charge in [0.15, 0.2) is 0 Å². The molecule has 6 nitrogen and oxygen atoms in total. The number of aryl methyl sites for hydroxylation is 1. The monoisotopic (exact) mass is 253 g/mol. The van der Waals surface area contributed by atoms with Gasteiger partial charge < -0.3 is 11.1 Å². The zero-order valence-corrected chi connectivity index (χ0v) is 11.6. The summed E-state index contributed by atoms with van der Waals surface area (Å²) in [7, 11) is 0. The number of carbonyl (C=O) groups excluding carboxylic acids is 1. The molecule has 0 aliphatic carbocycles. The highest BCUT2D eigenvalue weighted by Gasteiger charge is 2.39. The van der Waals surface area contributed by atoms with Crippen molar-refractivity contribution in [3.63, 3.8) is 0 Å². The van der Waals surface area contributed by atoms with Gasteiger partial charge in [0.25, 0.3) is 0 Å². The second-order valence-corrected chi connectivity index (χ2v) is 5.62. The van der Waals surface area contributed by atoms with E-state index in [-0.39, 0.29) is 5.91 Å². The summed E-state index contributed by atoms with van der Waals surface area (Å²) >= 11 is 0. The first-order valence-corrected chi connectivity index (χ1v) is 6.16. The number of hydrogen-bond acceptors (Lipinski definition) is 4. The van der Waals surface area contributed by atoms with Gasteiger partial charge in [-0.1, -0.05) is 5.21 Å². The van der Waals surface area contributed by atoms with Gasteiger partial charge in [-0.05, 0) is 34.1 Å². The second kappa shape index (κ2) is 5.48. The minimum Gasteiger partial charge on any atom is -0.356 e. The number of nitrogens with zero attached hydrogens (tertiary/aromatic N) is 3. The van der Waals surface area contributed by atoms with Crippen LogP contribution in [0.4, 0.5) is 0 Å². The van der Waals surface area contributed by atoms with Crippen LogP contribution in [-0.4, -0.2) is 33.0 Å². The summed E-state index contributed by atoms with van der Waals surface area (Å²) in [6, 6.07) is 0. The molecule has 0 atom stereocenters. The summed E-state index contributed by atoms with van der Waals surface area (Å²) in [5.41, 5.74) is 4.86. The quantitative estimate of drug-likeness (QED) is 0.725. The van der Waals surface area contributed by atoms with Crippen molar-refractivity contribution < 1.29 is 4.79 Å². The van der Waals surface area contributed by atoms with E-state index in [4.69, 9.17) is 5.73 Å². The lowest BCUT2D eigenvalue weighted by Gasteiger charge is -2.36. The first kappa shape index (κ1) is 14.6. The van der Waals surface area contributed by atoms with E-state index in [2.05, 4.69) is 15.6 Å². The smallest absolute Gasteiger partial charge is 0.227 e. The number of rotatable bonds is 6. The Bertz CT molecular complexity index is 378. The van der Waals surface area contributed by atoms with Gasteiger partial charge in [0.05, 0.1) is 11.6 Å². The minimum atomic E-state index is -0.597. The van der Waals surface area contributed by atoms with Crippen LogP contribution in [0, 0.1) is 5.41 Å². The summed E-state index contributed by atoms with van der Waals surface area (Å²) in [4.78, 5) is 12.0. The molecule has 0 spiro atoms. The maximum atomic E-state index is 12.0.